The lowest BCUT2D eigenvalue weighted by molar-refractivity contribution is -0.152. The molecule has 1 aliphatic rings. The number of rotatable bonds is 5. The molecule has 6 heteroatoms. The Morgan fingerprint density at radius 3 is 2.75 bits per heavy atom. The summed E-state index contributed by atoms with van der Waals surface area (Å²) < 4.78 is 1.78. The van der Waals surface area contributed by atoms with Crippen LogP contribution in [0, 0.1) is 0 Å². The summed E-state index contributed by atoms with van der Waals surface area (Å²) in [5, 5.41) is 13.6. The van der Waals surface area contributed by atoms with Crippen LogP contribution in [0.25, 0.3) is 5.69 Å². The van der Waals surface area contributed by atoms with E-state index in [1.54, 1.807) is 10.9 Å². The molecule has 1 aromatic carbocycles. The molecule has 0 radical (unpaired) electrons. The van der Waals surface area contributed by atoms with E-state index in [4.69, 9.17) is 0 Å². The van der Waals surface area contributed by atoms with Gasteiger partial charge in [-0.1, -0.05) is 18.2 Å². The van der Waals surface area contributed by atoms with Gasteiger partial charge in [0, 0.05) is 19.2 Å². The zero-order valence-corrected chi connectivity index (χ0v) is 13.5. The number of carboxylic acid groups (broad SMARTS) is 1. The van der Waals surface area contributed by atoms with Gasteiger partial charge >= 0.3 is 5.97 Å². The van der Waals surface area contributed by atoms with E-state index in [0.717, 1.165) is 24.1 Å². The highest BCUT2D eigenvalue weighted by molar-refractivity contribution is 5.84. The number of carbonyl (C=O) groups is 2. The molecule has 0 spiro atoms. The minimum Gasteiger partial charge on any atom is -0.480 e. The smallest absolute Gasteiger partial charge is 0.326 e. The monoisotopic (exact) mass is 327 g/mol. The van der Waals surface area contributed by atoms with Crippen LogP contribution in [-0.4, -0.2) is 44.3 Å². The molecule has 1 amide bonds. The molecule has 6 nitrogen and oxygen atoms in total. The van der Waals surface area contributed by atoms with Crippen molar-refractivity contribution in [1.82, 2.24) is 14.7 Å². The SMILES string of the molecule is O=C(O)[C@H]1CCCCN1C(=O)CCc1cnn(-c2ccccc2)c1. The highest BCUT2D eigenvalue weighted by Crippen LogP contribution is 2.19. The van der Waals surface area contributed by atoms with E-state index in [9.17, 15) is 14.7 Å². The maximum absolute atomic E-state index is 12.4. The number of amides is 1. The van der Waals surface area contributed by atoms with Gasteiger partial charge in [-0.05, 0) is 43.4 Å². The summed E-state index contributed by atoms with van der Waals surface area (Å²) in [5.41, 5.74) is 1.94. The van der Waals surface area contributed by atoms with Gasteiger partial charge in [-0.3, -0.25) is 4.79 Å². The molecular formula is C18H21N3O3. The molecule has 24 heavy (non-hydrogen) atoms. The van der Waals surface area contributed by atoms with Crippen LogP contribution in [0.3, 0.4) is 0 Å². The van der Waals surface area contributed by atoms with E-state index >= 15 is 0 Å². The third kappa shape index (κ3) is 3.64. The second kappa shape index (κ2) is 7.29. The van der Waals surface area contributed by atoms with E-state index in [1.165, 1.54) is 4.90 Å². The molecule has 2 aromatic rings. The lowest BCUT2D eigenvalue weighted by Gasteiger charge is -2.33. The van der Waals surface area contributed by atoms with E-state index in [1.807, 2.05) is 36.5 Å². The maximum Gasteiger partial charge on any atom is 0.326 e. The summed E-state index contributed by atoms with van der Waals surface area (Å²) in [7, 11) is 0. The van der Waals surface area contributed by atoms with Gasteiger partial charge in [-0.15, -0.1) is 0 Å². The summed E-state index contributed by atoms with van der Waals surface area (Å²) in [5.74, 6) is -0.991. The molecule has 1 atom stereocenters. The standard InChI is InChI=1S/C18H21N3O3/c22-17(20-11-5-4-8-16(20)18(23)24)10-9-14-12-19-21(13-14)15-6-2-1-3-7-15/h1-3,6-7,12-13,16H,4-5,8-11H2,(H,23,24)/t16-/m1/s1. The van der Waals surface area contributed by atoms with Crippen LogP contribution in [-0.2, 0) is 16.0 Å². The number of hydrogen-bond donors (Lipinski definition) is 1. The number of likely N-dealkylation sites (tertiary alicyclic amines) is 1. The van der Waals surface area contributed by atoms with Crippen molar-refractivity contribution in [3.05, 3.63) is 48.3 Å². The lowest BCUT2D eigenvalue weighted by Crippen LogP contribution is -2.48. The molecule has 2 heterocycles. The molecule has 0 bridgehead atoms. The number of aromatic nitrogens is 2. The van der Waals surface area contributed by atoms with E-state index < -0.39 is 12.0 Å². The van der Waals surface area contributed by atoms with E-state index in [0.29, 0.717) is 25.8 Å². The normalized spacial score (nSPS) is 17.7. The van der Waals surface area contributed by atoms with Crippen LogP contribution in [0.2, 0.25) is 0 Å². The predicted octanol–water partition coefficient (Wildman–Crippen LogP) is 2.27. The van der Waals surface area contributed by atoms with Crippen molar-refractivity contribution in [2.75, 3.05) is 6.54 Å². The molecule has 0 unspecified atom stereocenters. The number of carboxylic acids is 1. The van der Waals surface area contributed by atoms with Gasteiger partial charge in [0.05, 0.1) is 11.9 Å². The lowest BCUT2D eigenvalue weighted by atomic mass is 10.0. The number of piperidine rings is 1. The number of aryl methyl sites for hydroxylation is 1. The Hall–Kier alpha value is -2.63. The van der Waals surface area contributed by atoms with Crippen molar-refractivity contribution in [2.24, 2.45) is 0 Å². The number of carbonyl (C=O) groups excluding carboxylic acids is 1. The van der Waals surface area contributed by atoms with Crippen LogP contribution in [0.5, 0.6) is 0 Å². The number of para-hydroxylation sites is 1. The fraction of sp³-hybridized carbons (Fsp3) is 0.389. The van der Waals surface area contributed by atoms with Crippen LogP contribution in [0.15, 0.2) is 42.7 Å². The number of benzene rings is 1. The van der Waals surface area contributed by atoms with Crippen LogP contribution < -0.4 is 0 Å². The molecule has 0 saturated carbocycles. The summed E-state index contributed by atoms with van der Waals surface area (Å²) in [6.07, 6.45) is 6.83. The van der Waals surface area contributed by atoms with Crippen LogP contribution in [0.1, 0.15) is 31.2 Å². The highest BCUT2D eigenvalue weighted by atomic mass is 16.4. The molecule has 1 aromatic heterocycles. The average molecular weight is 327 g/mol. The first-order valence-electron chi connectivity index (χ1n) is 8.26. The number of nitrogens with zero attached hydrogens (tertiary/aromatic N) is 3. The number of aliphatic carboxylic acids is 1. The molecule has 3 rings (SSSR count). The summed E-state index contributed by atoms with van der Waals surface area (Å²) >= 11 is 0. The van der Waals surface area contributed by atoms with Gasteiger partial charge in [-0.2, -0.15) is 5.10 Å². The van der Waals surface area contributed by atoms with Gasteiger partial charge in [0.15, 0.2) is 0 Å². The van der Waals surface area contributed by atoms with Crippen LogP contribution >= 0.6 is 0 Å². The quantitative estimate of drug-likeness (QED) is 0.914. The molecule has 0 aliphatic carbocycles. The summed E-state index contributed by atoms with van der Waals surface area (Å²) in [4.78, 5) is 25.2. The Bertz CT molecular complexity index is 711. The van der Waals surface area contributed by atoms with Gasteiger partial charge in [-0.25, -0.2) is 9.48 Å². The molecule has 126 valence electrons. The van der Waals surface area contributed by atoms with Crippen molar-refractivity contribution in [3.63, 3.8) is 0 Å². The van der Waals surface area contributed by atoms with Crippen molar-refractivity contribution < 1.29 is 14.7 Å². The average Bonchev–Trinajstić information content (AvgIpc) is 3.09. The first-order chi connectivity index (χ1) is 11.6. The van der Waals surface area contributed by atoms with Gasteiger partial charge in [0.25, 0.3) is 0 Å². The minimum absolute atomic E-state index is 0.0884. The topological polar surface area (TPSA) is 75.4 Å². The highest BCUT2D eigenvalue weighted by Gasteiger charge is 2.31. The Kier molecular flexibility index (Phi) is 4.93. The molecule has 1 saturated heterocycles. The Balaban J connectivity index is 1.60. The third-order valence-corrected chi connectivity index (χ3v) is 4.39. The van der Waals surface area contributed by atoms with Crippen molar-refractivity contribution >= 4 is 11.9 Å². The summed E-state index contributed by atoms with van der Waals surface area (Å²) in [6, 6.07) is 9.11. The second-order valence-corrected chi connectivity index (χ2v) is 6.07. The van der Waals surface area contributed by atoms with Gasteiger partial charge in [0.1, 0.15) is 6.04 Å². The molecule has 1 N–H and O–H groups in total. The Morgan fingerprint density at radius 2 is 2.00 bits per heavy atom. The van der Waals surface area contributed by atoms with E-state index in [-0.39, 0.29) is 5.91 Å². The Morgan fingerprint density at radius 1 is 1.21 bits per heavy atom. The zero-order valence-electron chi connectivity index (χ0n) is 13.5. The van der Waals surface area contributed by atoms with E-state index in [2.05, 4.69) is 5.10 Å². The predicted molar refractivity (Wildman–Crippen MR) is 88.9 cm³/mol. The first kappa shape index (κ1) is 16.2. The fourth-order valence-corrected chi connectivity index (χ4v) is 3.09. The summed E-state index contributed by atoms with van der Waals surface area (Å²) in [6.45, 7) is 0.541. The fourth-order valence-electron chi connectivity index (χ4n) is 3.09. The largest absolute Gasteiger partial charge is 0.480 e. The Labute approximate surface area is 140 Å². The second-order valence-electron chi connectivity index (χ2n) is 6.07. The van der Waals surface area contributed by atoms with Crippen molar-refractivity contribution in [3.8, 4) is 5.69 Å². The minimum atomic E-state index is -0.903. The first-order valence-corrected chi connectivity index (χ1v) is 8.26. The molecule has 1 fully saturated rings. The van der Waals surface area contributed by atoms with Gasteiger partial charge in [0.2, 0.25) is 5.91 Å². The molecular weight excluding hydrogens is 306 g/mol. The van der Waals surface area contributed by atoms with Crippen molar-refractivity contribution in [2.45, 2.75) is 38.1 Å². The zero-order chi connectivity index (χ0) is 16.9. The number of hydrogen-bond acceptors (Lipinski definition) is 3. The molecule has 1 aliphatic heterocycles. The van der Waals surface area contributed by atoms with Gasteiger partial charge < -0.3 is 10.0 Å². The third-order valence-electron chi connectivity index (χ3n) is 4.39. The maximum atomic E-state index is 12.4. The van der Waals surface area contributed by atoms with Crippen LogP contribution in [0.4, 0.5) is 0 Å². The van der Waals surface area contributed by atoms with Crippen molar-refractivity contribution in [1.29, 1.82) is 0 Å².